The van der Waals surface area contributed by atoms with Crippen LogP contribution < -0.4 is 15.0 Å². The van der Waals surface area contributed by atoms with E-state index in [0.29, 0.717) is 59.7 Å². The Bertz CT molecular complexity index is 1420. The molecule has 0 atom stereocenters. The first-order valence-corrected chi connectivity index (χ1v) is 11.8. The molecule has 9 nitrogen and oxygen atoms in total. The fraction of sp³-hybridized carbons (Fsp3) is 0.292. The molecule has 0 saturated carbocycles. The van der Waals surface area contributed by atoms with Crippen molar-refractivity contribution in [3.05, 3.63) is 52.8 Å². The Labute approximate surface area is 199 Å². The number of benzene rings is 2. The van der Waals surface area contributed by atoms with Crippen molar-refractivity contribution in [1.82, 2.24) is 19.4 Å². The second-order valence-electron chi connectivity index (χ2n) is 7.75. The van der Waals surface area contributed by atoms with Gasteiger partial charge in [-0.3, -0.25) is 14.2 Å². The van der Waals surface area contributed by atoms with E-state index in [1.54, 1.807) is 37.3 Å². The molecule has 2 aromatic heterocycles. The molecule has 1 saturated heterocycles. The minimum Gasteiger partial charge on any atom is -0.493 e. The van der Waals surface area contributed by atoms with Gasteiger partial charge in [-0.1, -0.05) is 30.0 Å². The quantitative estimate of drug-likeness (QED) is 0.335. The van der Waals surface area contributed by atoms with E-state index >= 15 is 0 Å². The smallest absolute Gasteiger partial charge is 0.283 e. The maximum Gasteiger partial charge on any atom is 0.283 e. The van der Waals surface area contributed by atoms with Crippen molar-refractivity contribution in [1.29, 1.82) is 0 Å². The monoisotopic (exact) mass is 480 g/mol. The van der Waals surface area contributed by atoms with Crippen molar-refractivity contribution in [2.45, 2.75) is 5.16 Å². The summed E-state index contributed by atoms with van der Waals surface area (Å²) in [7, 11) is 3.10. The van der Waals surface area contributed by atoms with Crippen LogP contribution >= 0.6 is 11.8 Å². The van der Waals surface area contributed by atoms with Gasteiger partial charge in [0.1, 0.15) is 11.0 Å². The maximum absolute atomic E-state index is 13.7. The van der Waals surface area contributed by atoms with Gasteiger partial charge in [0.05, 0.1) is 38.9 Å². The lowest BCUT2D eigenvalue weighted by Gasteiger charge is -2.26. The van der Waals surface area contributed by atoms with Crippen LogP contribution in [0, 0.1) is 0 Å². The Morgan fingerprint density at radius 1 is 1.12 bits per heavy atom. The van der Waals surface area contributed by atoms with Crippen molar-refractivity contribution >= 4 is 39.6 Å². The highest BCUT2D eigenvalue weighted by Crippen LogP contribution is 2.31. The second-order valence-corrected chi connectivity index (χ2v) is 8.69. The van der Waals surface area contributed by atoms with Gasteiger partial charge in [0.2, 0.25) is 5.91 Å². The van der Waals surface area contributed by atoms with Crippen molar-refractivity contribution in [3.63, 3.8) is 0 Å². The van der Waals surface area contributed by atoms with Crippen molar-refractivity contribution in [2.75, 3.05) is 46.3 Å². The predicted molar refractivity (Wildman–Crippen MR) is 130 cm³/mol. The average molecular weight is 481 g/mol. The number of aromatic nitrogens is 3. The summed E-state index contributed by atoms with van der Waals surface area (Å²) in [5, 5.41) is 1.28. The molecule has 2 aromatic carbocycles. The van der Waals surface area contributed by atoms with Crippen LogP contribution in [-0.2, 0) is 9.53 Å². The molecule has 0 radical (unpaired) electrons. The first-order valence-electron chi connectivity index (χ1n) is 10.8. The SMILES string of the molecule is COc1ccc(-n2c(SCC(=O)N3CCOCC3)nc3c([nH]c4ccccc43)c2=O)cc1OC. The third kappa shape index (κ3) is 3.99. The number of thioether (sulfide) groups is 1. The second kappa shape index (κ2) is 9.40. The van der Waals surface area contributed by atoms with Crippen LogP contribution in [0.25, 0.3) is 27.6 Å². The number of amides is 1. The first-order chi connectivity index (χ1) is 16.6. The number of hydrogen-bond acceptors (Lipinski definition) is 7. The van der Waals surface area contributed by atoms with E-state index in [2.05, 4.69) is 4.98 Å². The third-order valence-electron chi connectivity index (χ3n) is 5.81. The number of nitrogens with zero attached hydrogens (tertiary/aromatic N) is 3. The van der Waals surface area contributed by atoms with E-state index in [4.69, 9.17) is 19.2 Å². The zero-order valence-electron chi connectivity index (χ0n) is 18.9. The highest BCUT2D eigenvalue weighted by Gasteiger charge is 2.21. The average Bonchev–Trinajstić information content (AvgIpc) is 3.26. The summed E-state index contributed by atoms with van der Waals surface area (Å²) in [4.78, 5) is 36.3. The fourth-order valence-corrected chi connectivity index (χ4v) is 4.97. The first kappa shape index (κ1) is 22.3. The lowest BCUT2D eigenvalue weighted by molar-refractivity contribution is -0.132. The van der Waals surface area contributed by atoms with Crippen LogP contribution in [0.3, 0.4) is 0 Å². The number of methoxy groups -OCH3 is 2. The molecule has 0 spiro atoms. The zero-order chi connectivity index (χ0) is 23.7. The van der Waals surface area contributed by atoms with Crippen LogP contribution in [-0.4, -0.2) is 71.6 Å². The van der Waals surface area contributed by atoms with Gasteiger partial charge < -0.3 is 24.1 Å². The minimum atomic E-state index is -0.255. The van der Waals surface area contributed by atoms with Gasteiger partial charge in [0, 0.05) is 30.1 Å². The fourth-order valence-electron chi connectivity index (χ4n) is 4.06. The number of aromatic amines is 1. The van der Waals surface area contributed by atoms with E-state index in [1.807, 2.05) is 24.3 Å². The number of nitrogens with one attached hydrogen (secondary N) is 1. The predicted octanol–water partition coefficient (Wildman–Crippen LogP) is 2.84. The van der Waals surface area contributed by atoms with Crippen molar-refractivity contribution in [2.24, 2.45) is 0 Å². The van der Waals surface area contributed by atoms with Crippen LogP contribution in [0.15, 0.2) is 52.4 Å². The number of morpholine rings is 1. The van der Waals surface area contributed by atoms with E-state index in [0.717, 1.165) is 10.9 Å². The molecule has 1 fully saturated rings. The molecule has 0 unspecified atom stereocenters. The summed E-state index contributed by atoms with van der Waals surface area (Å²) < 4.78 is 17.6. The van der Waals surface area contributed by atoms with Crippen LogP contribution in [0.1, 0.15) is 0 Å². The molecule has 4 aromatic rings. The van der Waals surface area contributed by atoms with Gasteiger partial charge in [0.25, 0.3) is 5.56 Å². The number of rotatable bonds is 6. The summed E-state index contributed by atoms with van der Waals surface area (Å²) in [5.74, 6) is 1.19. The molecular formula is C24H24N4O5S. The summed E-state index contributed by atoms with van der Waals surface area (Å²) in [6, 6.07) is 12.9. The van der Waals surface area contributed by atoms with E-state index in [9.17, 15) is 9.59 Å². The molecule has 3 heterocycles. The molecule has 10 heteroatoms. The van der Waals surface area contributed by atoms with Crippen LogP contribution in [0.5, 0.6) is 11.5 Å². The number of H-pyrrole nitrogens is 1. The van der Waals surface area contributed by atoms with Crippen molar-refractivity contribution < 1.29 is 19.0 Å². The zero-order valence-corrected chi connectivity index (χ0v) is 19.7. The molecule has 1 N–H and O–H groups in total. The van der Waals surface area contributed by atoms with E-state index in [1.165, 1.54) is 16.3 Å². The molecule has 0 aliphatic carbocycles. The highest BCUT2D eigenvalue weighted by molar-refractivity contribution is 7.99. The summed E-state index contributed by atoms with van der Waals surface area (Å²) in [6.07, 6.45) is 0. The molecule has 0 bridgehead atoms. The lowest BCUT2D eigenvalue weighted by atomic mass is 10.2. The van der Waals surface area contributed by atoms with E-state index < -0.39 is 0 Å². The van der Waals surface area contributed by atoms with Crippen LogP contribution in [0.2, 0.25) is 0 Å². The number of carbonyl (C=O) groups excluding carboxylic acids is 1. The number of para-hydroxylation sites is 1. The Kier molecular flexibility index (Phi) is 6.16. The molecule has 176 valence electrons. The van der Waals surface area contributed by atoms with E-state index in [-0.39, 0.29) is 17.2 Å². The Morgan fingerprint density at radius 2 is 1.88 bits per heavy atom. The Morgan fingerprint density at radius 3 is 2.65 bits per heavy atom. The molecule has 1 aliphatic rings. The largest absolute Gasteiger partial charge is 0.493 e. The summed E-state index contributed by atoms with van der Waals surface area (Å²) >= 11 is 1.24. The Hall–Kier alpha value is -3.50. The van der Waals surface area contributed by atoms with Gasteiger partial charge in [-0.05, 0) is 18.2 Å². The Balaban J connectivity index is 1.63. The lowest BCUT2D eigenvalue weighted by Crippen LogP contribution is -2.41. The van der Waals surface area contributed by atoms with Gasteiger partial charge in [0.15, 0.2) is 16.7 Å². The molecule has 1 amide bonds. The molecule has 1 aliphatic heterocycles. The number of hydrogen-bond donors (Lipinski definition) is 1. The normalized spacial score (nSPS) is 14.0. The minimum absolute atomic E-state index is 0.0135. The van der Waals surface area contributed by atoms with Crippen LogP contribution in [0.4, 0.5) is 0 Å². The standard InChI is InChI=1S/C24H24N4O5S/c1-31-18-8-7-15(13-19(18)32-2)28-23(30)22-21(16-5-3-4-6-17(16)25-22)26-24(28)34-14-20(29)27-9-11-33-12-10-27/h3-8,13,25H,9-12,14H2,1-2H3. The number of carbonyl (C=O) groups is 1. The third-order valence-corrected chi connectivity index (χ3v) is 6.73. The van der Waals surface area contributed by atoms with Gasteiger partial charge in [-0.2, -0.15) is 0 Å². The van der Waals surface area contributed by atoms with Gasteiger partial charge >= 0.3 is 0 Å². The number of fused-ring (bicyclic) bond motifs is 3. The topological polar surface area (TPSA) is 98.7 Å². The molecular weight excluding hydrogens is 456 g/mol. The van der Waals surface area contributed by atoms with Gasteiger partial charge in [-0.25, -0.2) is 4.98 Å². The maximum atomic E-state index is 13.7. The summed E-state index contributed by atoms with van der Waals surface area (Å²) in [5.41, 5.74) is 2.12. The number of ether oxygens (including phenoxy) is 3. The highest BCUT2D eigenvalue weighted by atomic mass is 32.2. The molecule has 34 heavy (non-hydrogen) atoms. The summed E-state index contributed by atoms with van der Waals surface area (Å²) in [6.45, 7) is 2.20. The van der Waals surface area contributed by atoms with Gasteiger partial charge in [-0.15, -0.1) is 0 Å². The molecule has 5 rings (SSSR count). The van der Waals surface area contributed by atoms with Crippen molar-refractivity contribution in [3.8, 4) is 17.2 Å².